The van der Waals surface area contributed by atoms with Gasteiger partial charge in [0.15, 0.2) is 5.16 Å². The fourth-order valence-electron chi connectivity index (χ4n) is 1.74. The van der Waals surface area contributed by atoms with Crippen molar-refractivity contribution < 1.29 is 4.74 Å². The third kappa shape index (κ3) is 4.54. The van der Waals surface area contributed by atoms with Gasteiger partial charge in [-0.1, -0.05) is 22.0 Å². The molecule has 0 amide bonds. The lowest BCUT2D eigenvalue weighted by Gasteiger charge is -2.10. The van der Waals surface area contributed by atoms with E-state index < -0.39 is 0 Å². The Bertz CT molecular complexity index is 603. The van der Waals surface area contributed by atoms with Crippen LogP contribution in [0.2, 0.25) is 0 Å². The number of rotatable bonds is 7. The molecule has 0 spiro atoms. The van der Waals surface area contributed by atoms with Crippen molar-refractivity contribution in [3.05, 3.63) is 34.1 Å². The first-order chi connectivity index (χ1) is 10.1. The van der Waals surface area contributed by atoms with Gasteiger partial charge in [0.2, 0.25) is 0 Å². The number of nitrogens with one attached hydrogen (secondary N) is 1. The third-order valence-corrected chi connectivity index (χ3v) is 4.71. The molecule has 0 saturated carbocycles. The maximum atomic E-state index is 5.05. The van der Waals surface area contributed by atoms with Crippen molar-refractivity contribution in [2.24, 2.45) is 7.05 Å². The molecule has 0 fully saturated rings. The zero-order chi connectivity index (χ0) is 15.2. The number of methoxy groups -OCH3 is 1. The molecular weight excluding hydrogens is 352 g/mol. The number of aromatic nitrogens is 3. The average Bonchev–Trinajstić information content (AvgIpc) is 2.77. The third-order valence-electron chi connectivity index (χ3n) is 3.08. The molecule has 114 valence electrons. The minimum atomic E-state index is 0.710. The highest BCUT2D eigenvalue weighted by Crippen LogP contribution is 2.31. The van der Waals surface area contributed by atoms with Gasteiger partial charge in [-0.2, -0.15) is 0 Å². The molecule has 0 bridgehead atoms. The van der Waals surface area contributed by atoms with Gasteiger partial charge < -0.3 is 14.6 Å². The van der Waals surface area contributed by atoms with Crippen LogP contribution in [0.3, 0.4) is 0 Å². The molecule has 0 saturated heterocycles. The molecule has 7 heteroatoms. The van der Waals surface area contributed by atoms with E-state index in [0.717, 1.165) is 28.5 Å². The van der Waals surface area contributed by atoms with Crippen LogP contribution >= 0.6 is 27.7 Å². The van der Waals surface area contributed by atoms with Crippen LogP contribution in [0.25, 0.3) is 0 Å². The number of hydrogen-bond acceptors (Lipinski definition) is 5. The van der Waals surface area contributed by atoms with Gasteiger partial charge in [0.25, 0.3) is 0 Å². The van der Waals surface area contributed by atoms with Crippen LogP contribution in [0, 0.1) is 6.92 Å². The van der Waals surface area contributed by atoms with E-state index in [1.807, 2.05) is 18.5 Å². The lowest BCUT2D eigenvalue weighted by atomic mass is 10.2. The molecule has 5 nitrogen and oxygen atoms in total. The smallest absolute Gasteiger partial charge is 0.195 e. The molecule has 0 aliphatic heterocycles. The van der Waals surface area contributed by atoms with Crippen molar-refractivity contribution in [1.29, 1.82) is 0 Å². The number of halogens is 1. The number of nitrogens with zero attached hydrogens (tertiary/aromatic N) is 3. The van der Waals surface area contributed by atoms with Crippen molar-refractivity contribution in [1.82, 2.24) is 20.1 Å². The summed E-state index contributed by atoms with van der Waals surface area (Å²) in [5.41, 5.74) is 1.24. The van der Waals surface area contributed by atoms with Crippen molar-refractivity contribution >= 4 is 27.7 Å². The van der Waals surface area contributed by atoms with E-state index in [9.17, 15) is 0 Å². The van der Waals surface area contributed by atoms with Crippen LogP contribution in [0.5, 0.6) is 0 Å². The second-order valence-electron chi connectivity index (χ2n) is 4.61. The molecule has 1 aromatic heterocycles. The van der Waals surface area contributed by atoms with Gasteiger partial charge in [-0.05, 0) is 36.4 Å². The van der Waals surface area contributed by atoms with Crippen LogP contribution in [0.4, 0.5) is 0 Å². The van der Waals surface area contributed by atoms with Gasteiger partial charge in [-0.15, -0.1) is 10.2 Å². The molecule has 2 aromatic rings. The Labute approximate surface area is 137 Å². The second kappa shape index (κ2) is 7.93. The van der Waals surface area contributed by atoms with Crippen LogP contribution in [-0.2, 0) is 18.3 Å². The molecule has 0 aliphatic carbocycles. The van der Waals surface area contributed by atoms with E-state index in [1.165, 1.54) is 10.5 Å². The van der Waals surface area contributed by atoms with Crippen molar-refractivity contribution in [2.45, 2.75) is 23.5 Å². The largest absolute Gasteiger partial charge is 0.383 e. The van der Waals surface area contributed by atoms with Crippen LogP contribution in [-0.4, -0.2) is 35.0 Å². The zero-order valence-electron chi connectivity index (χ0n) is 12.4. The lowest BCUT2D eigenvalue weighted by Crippen LogP contribution is -2.18. The number of ether oxygens (including phenoxy) is 1. The molecule has 0 unspecified atom stereocenters. The molecule has 1 heterocycles. The fraction of sp³-hybridized carbons (Fsp3) is 0.429. The minimum absolute atomic E-state index is 0.710. The first-order valence-electron chi connectivity index (χ1n) is 6.63. The number of aryl methyl sites for hydroxylation is 1. The summed E-state index contributed by atoms with van der Waals surface area (Å²) in [6.45, 7) is 4.29. The minimum Gasteiger partial charge on any atom is -0.383 e. The maximum Gasteiger partial charge on any atom is 0.195 e. The highest BCUT2D eigenvalue weighted by atomic mass is 79.9. The number of benzene rings is 1. The predicted molar refractivity (Wildman–Crippen MR) is 87.6 cm³/mol. The highest BCUT2D eigenvalue weighted by molar-refractivity contribution is 9.10. The molecule has 1 N–H and O–H groups in total. The summed E-state index contributed by atoms with van der Waals surface area (Å²) in [6, 6.07) is 6.29. The zero-order valence-corrected chi connectivity index (χ0v) is 14.8. The summed E-state index contributed by atoms with van der Waals surface area (Å²) in [5.74, 6) is 0.910. The highest BCUT2D eigenvalue weighted by Gasteiger charge is 2.11. The molecule has 0 aliphatic rings. The Kier molecular flexibility index (Phi) is 6.22. The van der Waals surface area contributed by atoms with Gasteiger partial charge in [-0.3, -0.25) is 0 Å². The van der Waals surface area contributed by atoms with E-state index in [0.29, 0.717) is 6.61 Å². The summed E-state index contributed by atoms with van der Waals surface area (Å²) < 4.78 is 8.10. The van der Waals surface area contributed by atoms with E-state index in [2.05, 4.69) is 49.6 Å². The molecule has 0 atom stereocenters. The molecular formula is C14H19BrN4OS. The van der Waals surface area contributed by atoms with Crippen molar-refractivity contribution in [3.8, 4) is 0 Å². The van der Waals surface area contributed by atoms with Crippen LogP contribution < -0.4 is 5.32 Å². The van der Waals surface area contributed by atoms with Gasteiger partial charge in [-0.25, -0.2) is 0 Å². The van der Waals surface area contributed by atoms with Crippen molar-refractivity contribution in [3.63, 3.8) is 0 Å². The van der Waals surface area contributed by atoms with E-state index in [-0.39, 0.29) is 0 Å². The standard InChI is InChI=1S/C14H19BrN4OS/c1-10-17-18-14(19(10)2)21-13-8-12(15)5-4-11(13)9-16-6-7-20-3/h4-5,8,16H,6-7,9H2,1-3H3. The van der Waals surface area contributed by atoms with Gasteiger partial charge in [0.1, 0.15) is 5.82 Å². The maximum absolute atomic E-state index is 5.05. The summed E-state index contributed by atoms with van der Waals surface area (Å²) in [4.78, 5) is 1.17. The first kappa shape index (κ1) is 16.5. The van der Waals surface area contributed by atoms with Crippen LogP contribution in [0.1, 0.15) is 11.4 Å². The predicted octanol–water partition coefficient (Wildman–Crippen LogP) is 2.77. The second-order valence-corrected chi connectivity index (χ2v) is 6.54. The quantitative estimate of drug-likeness (QED) is 0.759. The van der Waals surface area contributed by atoms with E-state index in [1.54, 1.807) is 18.9 Å². The first-order valence-corrected chi connectivity index (χ1v) is 8.24. The average molecular weight is 371 g/mol. The Morgan fingerprint density at radius 2 is 2.19 bits per heavy atom. The SMILES string of the molecule is COCCNCc1ccc(Br)cc1Sc1nnc(C)n1C. The Hall–Kier alpha value is -0.890. The Morgan fingerprint density at radius 1 is 1.38 bits per heavy atom. The van der Waals surface area contributed by atoms with Gasteiger partial charge in [0.05, 0.1) is 6.61 Å². The lowest BCUT2D eigenvalue weighted by molar-refractivity contribution is 0.199. The molecule has 0 radical (unpaired) electrons. The Morgan fingerprint density at radius 3 is 2.86 bits per heavy atom. The summed E-state index contributed by atoms with van der Waals surface area (Å²) in [5, 5.41) is 12.6. The summed E-state index contributed by atoms with van der Waals surface area (Å²) in [7, 11) is 3.69. The van der Waals surface area contributed by atoms with Crippen LogP contribution in [0.15, 0.2) is 32.7 Å². The van der Waals surface area contributed by atoms with E-state index in [4.69, 9.17) is 4.74 Å². The fourth-order valence-corrected chi connectivity index (χ4v) is 3.26. The summed E-state index contributed by atoms with van der Waals surface area (Å²) in [6.07, 6.45) is 0. The number of hydrogen-bond donors (Lipinski definition) is 1. The van der Waals surface area contributed by atoms with E-state index >= 15 is 0 Å². The monoisotopic (exact) mass is 370 g/mol. The molecule has 21 heavy (non-hydrogen) atoms. The van der Waals surface area contributed by atoms with Gasteiger partial charge >= 0.3 is 0 Å². The van der Waals surface area contributed by atoms with Gasteiger partial charge in [0, 0.05) is 36.6 Å². The molecule has 2 rings (SSSR count). The molecule has 1 aromatic carbocycles. The van der Waals surface area contributed by atoms with Crippen molar-refractivity contribution in [2.75, 3.05) is 20.3 Å². The summed E-state index contributed by atoms with van der Waals surface area (Å²) >= 11 is 5.16. The Balaban J connectivity index is 2.13. The topological polar surface area (TPSA) is 52.0 Å². The normalized spacial score (nSPS) is 11.0.